The molecule has 1 atom stereocenters. The van der Waals surface area contributed by atoms with Gasteiger partial charge in [0, 0.05) is 31.1 Å². The summed E-state index contributed by atoms with van der Waals surface area (Å²) in [5.74, 6) is 0.0578. The summed E-state index contributed by atoms with van der Waals surface area (Å²) in [5, 5.41) is 13.5. The molecule has 6 nitrogen and oxygen atoms in total. The van der Waals surface area contributed by atoms with Crippen LogP contribution in [0.15, 0.2) is 24.3 Å². The first kappa shape index (κ1) is 23.5. The molecule has 7 heteroatoms. The maximum atomic E-state index is 13.0. The van der Waals surface area contributed by atoms with Crippen molar-refractivity contribution in [2.45, 2.75) is 58.4 Å². The molecule has 174 valence electrons. The van der Waals surface area contributed by atoms with Crippen LogP contribution in [0.2, 0.25) is 0 Å². The zero-order valence-corrected chi connectivity index (χ0v) is 20.3. The molecule has 2 amide bonds. The lowest BCUT2D eigenvalue weighted by Gasteiger charge is -2.37. The van der Waals surface area contributed by atoms with E-state index < -0.39 is 0 Å². The number of nitrogens with zero attached hydrogens (tertiary/aromatic N) is 3. The normalized spacial score (nSPS) is 17.5. The van der Waals surface area contributed by atoms with E-state index in [4.69, 9.17) is 0 Å². The maximum Gasteiger partial charge on any atom is 0.242 e. The largest absolute Gasteiger partial charge is 0.340 e. The number of hydrogen-bond acceptors (Lipinski definition) is 5. The Morgan fingerprint density at radius 3 is 2.58 bits per heavy atom. The molecule has 1 N–H and O–H groups in total. The summed E-state index contributed by atoms with van der Waals surface area (Å²) in [4.78, 5) is 31.1. The highest BCUT2D eigenvalue weighted by atomic mass is 32.1. The molecule has 0 spiro atoms. The van der Waals surface area contributed by atoms with Gasteiger partial charge in [-0.2, -0.15) is 5.26 Å². The molecular formula is C26H32N4O2S. The lowest BCUT2D eigenvalue weighted by atomic mass is 10.0. The molecule has 0 saturated carbocycles. The first-order valence-electron chi connectivity index (χ1n) is 11.9. The fourth-order valence-electron chi connectivity index (χ4n) is 4.77. The fraction of sp³-hybridized carbons (Fsp3) is 0.500. The molecule has 1 aliphatic carbocycles. The van der Waals surface area contributed by atoms with Crippen LogP contribution in [0.3, 0.4) is 0 Å². The van der Waals surface area contributed by atoms with E-state index in [0.29, 0.717) is 43.2 Å². The number of thiophene rings is 1. The van der Waals surface area contributed by atoms with Gasteiger partial charge in [0.25, 0.3) is 0 Å². The third-order valence-electron chi connectivity index (χ3n) is 6.97. The Balaban J connectivity index is 1.33. The fourth-order valence-corrected chi connectivity index (χ4v) is 6.02. The van der Waals surface area contributed by atoms with Crippen LogP contribution in [0.5, 0.6) is 0 Å². The zero-order chi connectivity index (χ0) is 23.4. The van der Waals surface area contributed by atoms with Crippen molar-refractivity contribution in [3.63, 3.8) is 0 Å². The van der Waals surface area contributed by atoms with E-state index in [1.807, 2.05) is 43.0 Å². The summed E-state index contributed by atoms with van der Waals surface area (Å²) < 4.78 is 0. The van der Waals surface area contributed by atoms with Crippen LogP contribution in [-0.2, 0) is 28.9 Å². The molecule has 1 aromatic carbocycles. The summed E-state index contributed by atoms with van der Waals surface area (Å²) in [7, 11) is 0. The molecule has 1 fully saturated rings. The van der Waals surface area contributed by atoms with Crippen molar-refractivity contribution in [1.29, 1.82) is 5.26 Å². The molecular weight excluding hydrogens is 432 g/mol. The minimum atomic E-state index is -0.313. The summed E-state index contributed by atoms with van der Waals surface area (Å²) in [6, 6.07) is 10.0. The third kappa shape index (κ3) is 5.29. The Morgan fingerprint density at radius 1 is 1.12 bits per heavy atom. The molecule has 1 aromatic heterocycles. The van der Waals surface area contributed by atoms with Gasteiger partial charge >= 0.3 is 0 Å². The number of piperazine rings is 1. The van der Waals surface area contributed by atoms with Gasteiger partial charge in [-0.05, 0) is 56.2 Å². The van der Waals surface area contributed by atoms with Crippen LogP contribution in [0.4, 0.5) is 5.00 Å². The number of nitrogens with one attached hydrogen (secondary N) is 1. The molecule has 1 unspecified atom stereocenters. The number of carbonyl (C=O) groups excluding carboxylic acids is 2. The van der Waals surface area contributed by atoms with Gasteiger partial charge in [-0.15, -0.1) is 11.3 Å². The summed E-state index contributed by atoms with van der Waals surface area (Å²) in [6.07, 6.45) is 5.80. The topological polar surface area (TPSA) is 76.4 Å². The second-order valence-electron chi connectivity index (χ2n) is 9.07. The molecule has 1 aliphatic heterocycles. The Morgan fingerprint density at radius 2 is 1.85 bits per heavy atom. The van der Waals surface area contributed by atoms with E-state index in [2.05, 4.69) is 16.3 Å². The van der Waals surface area contributed by atoms with Crippen molar-refractivity contribution in [3.05, 3.63) is 51.4 Å². The Hall–Kier alpha value is -2.69. The van der Waals surface area contributed by atoms with Gasteiger partial charge in [-0.3, -0.25) is 14.5 Å². The van der Waals surface area contributed by atoms with Gasteiger partial charge in [-0.1, -0.05) is 30.7 Å². The number of fused-ring (bicyclic) bond motifs is 1. The minimum Gasteiger partial charge on any atom is -0.340 e. The summed E-state index contributed by atoms with van der Waals surface area (Å²) in [6.45, 7) is 6.52. The quantitative estimate of drug-likeness (QED) is 0.681. The number of benzene rings is 1. The molecule has 2 aliphatic rings. The minimum absolute atomic E-state index is 0.0809. The highest BCUT2D eigenvalue weighted by Crippen LogP contribution is 2.37. The van der Waals surface area contributed by atoms with Gasteiger partial charge in [0.15, 0.2) is 0 Å². The third-order valence-corrected chi connectivity index (χ3v) is 8.17. The Kier molecular flexibility index (Phi) is 7.46. The highest BCUT2D eigenvalue weighted by molar-refractivity contribution is 7.16. The Labute approximate surface area is 200 Å². The van der Waals surface area contributed by atoms with E-state index in [1.54, 1.807) is 11.3 Å². The standard InChI is InChI=1S/C26H32N4O2S/c1-18-8-6-7-9-20(18)16-24(31)30-14-12-29(13-15-30)19(2)25(32)28-26-22(17-27)21-10-4-3-5-11-23(21)33-26/h6-9,19H,3-5,10-16H2,1-2H3,(H,28,32). The van der Waals surface area contributed by atoms with Crippen molar-refractivity contribution in [1.82, 2.24) is 9.80 Å². The van der Waals surface area contributed by atoms with Gasteiger partial charge in [-0.25, -0.2) is 0 Å². The van der Waals surface area contributed by atoms with Gasteiger partial charge in [0.1, 0.15) is 11.1 Å². The van der Waals surface area contributed by atoms with E-state index in [-0.39, 0.29) is 17.9 Å². The number of nitriles is 1. The van der Waals surface area contributed by atoms with Crippen LogP contribution in [0, 0.1) is 18.3 Å². The van der Waals surface area contributed by atoms with E-state index in [1.165, 1.54) is 11.3 Å². The predicted octanol–water partition coefficient (Wildman–Crippen LogP) is 3.91. The van der Waals surface area contributed by atoms with Crippen LogP contribution in [-0.4, -0.2) is 53.8 Å². The maximum absolute atomic E-state index is 13.0. The average Bonchev–Trinajstić information content (AvgIpc) is 2.98. The number of rotatable bonds is 5. The molecule has 33 heavy (non-hydrogen) atoms. The Bertz CT molecular complexity index is 1060. The SMILES string of the molecule is Cc1ccccc1CC(=O)N1CCN(C(C)C(=O)Nc2sc3c(c2C#N)CCCCC3)CC1. The van der Waals surface area contributed by atoms with Crippen molar-refractivity contribution in [2.24, 2.45) is 0 Å². The molecule has 0 bridgehead atoms. The average molecular weight is 465 g/mol. The van der Waals surface area contributed by atoms with Crippen LogP contribution < -0.4 is 5.32 Å². The zero-order valence-electron chi connectivity index (χ0n) is 19.5. The first-order chi connectivity index (χ1) is 16.0. The second kappa shape index (κ2) is 10.5. The smallest absolute Gasteiger partial charge is 0.242 e. The number of amides is 2. The monoisotopic (exact) mass is 464 g/mol. The van der Waals surface area contributed by atoms with Crippen molar-refractivity contribution in [3.8, 4) is 6.07 Å². The van der Waals surface area contributed by atoms with E-state index in [9.17, 15) is 14.9 Å². The first-order valence-corrected chi connectivity index (χ1v) is 12.7. The molecule has 2 heterocycles. The molecule has 0 radical (unpaired) electrons. The van der Waals surface area contributed by atoms with Gasteiger partial charge in [0.2, 0.25) is 11.8 Å². The van der Waals surface area contributed by atoms with Crippen LogP contribution in [0.1, 0.15) is 53.3 Å². The summed E-state index contributed by atoms with van der Waals surface area (Å²) in [5.41, 5.74) is 4.01. The number of aryl methyl sites for hydroxylation is 2. The molecule has 1 saturated heterocycles. The van der Waals surface area contributed by atoms with Crippen molar-refractivity contribution in [2.75, 3.05) is 31.5 Å². The van der Waals surface area contributed by atoms with Crippen LogP contribution in [0.25, 0.3) is 0 Å². The second-order valence-corrected chi connectivity index (χ2v) is 10.2. The summed E-state index contributed by atoms with van der Waals surface area (Å²) >= 11 is 1.57. The number of anilines is 1. The molecule has 2 aromatic rings. The predicted molar refractivity (Wildman–Crippen MR) is 131 cm³/mol. The van der Waals surface area contributed by atoms with Gasteiger partial charge in [0.05, 0.1) is 18.0 Å². The van der Waals surface area contributed by atoms with E-state index >= 15 is 0 Å². The number of carbonyl (C=O) groups is 2. The highest BCUT2D eigenvalue weighted by Gasteiger charge is 2.29. The van der Waals surface area contributed by atoms with E-state index in [0.717, 1.165) is 42.4 Å². The molecule has 4 rings (SSSR count). The van der Waals surface area contributed by atoms with Crippen molar-refractivity contribution >= 4 is 28.2 Å². The number of hydrogen-bond donors (Lipinski definition) is 1. The van der Waals surface area contributed by atoms with Crippen LogP contribution >= 0.6 is 11.3 Å². The van der Waals surface area contributed by atoms with Gasteiger partial charge < -0.3 is 10.2 Å². The lowest BCUT2D eigenvalue weighted by molar-refractivity contribution is -0.133. The lowest BCUT2D eigenvalue weighted by Crippen LogP contribution is -2.54. The van der Waals surface area contributed by atoms with Crippen molar-refractivity contribution < 1.29 is 9.59 Å².